The molecule has 3 aromatic rings. The average molecular weight is 279 g/mol. The highest BCUT2D eigenvalue weighted by Crippen LogP contribution is 2.25. The van der Waals surface area contributed by atoms with Crippen molar-refractivity contribution in [2.45, 2.75) is 17.9 Å². The van der Waals surface area contributed by atoms with Gasteiger partial charge in [0, 0.05) is 6.92 Å². The molecule has 0 aliphatic rings. The molecule has 0 aliphatic heterocycles. The molecule has 0 bridgehead atoms. The number of thioether (sulfide) groups is 1. The van der Waals surface area contributed by atoms with Crippen LogP contribution in [0.2, 0.25) is 0 Å². The Balaban J connectivity index is 1.82. The average Bonchev–Trinajstić information content (AvgIpc) is 2.95. The van der Waals surface area contributed by atoms with E-state index in [2.05, 4.69) is 20.2 Å². The number of thiophene rings is 1. The highest BCUT2D eigenvalue weighted by atomic mass is 32.2. The van der Waals surface area contributed by atoms with Gasteiger partial charge in [-0.25, -0.2) is 9.97 Å². The van der Waals surface area contributed by atoms with E-state index in [0.29, 0.717) is 28.5 Å². The van der Waals surface area contributed by atoms with Crippen LogP contribution in [0.3, 0.4) is 0 Å². The smallest absolute Gasteiger partial charge is 0.277 e. The van der Waals surface area contributed by atoms with Crippen LogP contribution in [0.15, 0.2) is 21.1 Å². The molecular formula is C10H9N5OS2. The molecule has 0 radical (unpaired) electrons. The fraction of sp³-hybridized carbons (Fsp3) is 0.200. The van der Waals surface area contributed by atoms with E-state index < -0.39 is 0 Å². The van der Waals surface area contributed by atoms with Crippen LogP contribution in [-0.2, 0) is 5.75 Å². The summed E-state index contributed by atoms with van der Waals surface area (Å²) in [4.78, 5) is 9.60. The quantitative estimate of drug-likeness (QED) is 0.735. The maximum Gasteiger partial charge on any atom is 0.277 e. The van der Waals surface area contributed by atoms with Crippen LogP contribution in [0.25, 0.3) is 10.2 Å². The van der Waals surface area contributed by atoms with Gasteiger partial charge in [-0.05, 0) is 11.4 Å². The van der Waals surface area contributed by atoms with Crippen molar-refractivity contribution in [1.82, 2.24) is 20.2 Å². The fourth-order valence-corrected chi connectivity index (χ4v) is 2.90. The maximum absolute atomic E-state index is 5.87. The number of fused-ring (bicyclic) bond motifs is 1. The lowest BCUT2D eigenvalue weighted by atomic mass is 10.4. The molecule has 8 heteroatoms. The number of nitrogens with two attached hydrogens (primary N) is 1. The Kier molecular flexibility index (Phi) is 2.88. The van der Waals surface area contributed by atoms with Gasteiger partial charge < -0.3 is 10.2 Å². The summed E-state index contributed by atoms with van der Waals surface area (Å²) in [6.07, 6.45) is 0. The minimum absolute atomic E-state index is 0.513. The van der Waals surface area contributed by atoms with E-state index in [-0.39, 0.29) is 0 Å². The van der Waals surface area contributed by atoms with E-state index in [4.69, 9.17) is 10.2 Å². The summed E-state index contributed by atoms with van der Waals surface area (Å²) < 4.78 is 5.26. The molecule has 18 heavy (non-hydrogen) atoms. The lowest BCUT2D eigenvalue weighted by Crippen LogP contribution is -1.98. The minimum Gasteiger partial charge on any atom is -0.416 e. The van der Waals surface area contributed by atoms with E-state index in [9.17, 15) is 0 Å². The van der Waals surface area contributed by atoms with E-state index >= 15 is 0 Å². The van der Waals surface area contributed by atoms with Crippen molar-refractivity contribution >= 4 is 39.1 Å². The predicted molar refractivity (Wildman–Crippen MR) is 70.4 cm³/mol. The second-order valence-electron chi connectivity index (χ2n) is 3.54. The third kappa shape index (κ3) is 2.16. The van der Waals surface area contributed by atoms with Gasteiger partial charge >= 0.3 is 0 Å². The summed E-state index contributed by atoms with van der Waals surface area (Å²) in [5, 5.41) is 11.0. The van der Waals surface area contributed by atoms with Gasteiger partial charge in [-0.15, -0.1) is 21.5 Å². The molecule has 3 aromatic heterocycles. The van der Waals surface area contributed by atoms with Crippen molar-refractivity contribution in [3.05, 3.63) is 23.2 Å². The Morgan fingerprint density at radius 3 is 3.06 bits per heavy atom. The van der Waals surface area contributed by atoms with Gasteiger partial charge in [-0.3, -0.25) is 0 Å². The molecule has 0 fully saturated rings. The van der Waals surface area contributed by atoms with Gasteiger partial charge in [0.2, 0.25) is 5.89 Å². The number of nitrogens with zero attached hydrogens (tertiary/aromatic N) is 4. The van der Waals surface area contributed by atoms with Crippen molar-refractivity contribution < 1.29 is 4.42 Å². The van der Waals surface area contributed by atoms with Gasteiger partial charge in [-0.2, -0.15) is 0 Å². The molecule has 6 nitrogen and oxygen atoms in total. The summed E-state index contributed by atoms with van der Waals surface area (Å²) in [6.45, 7) is 1.75. The van der Waals surface area contributed by atoms with Crippen molar-refractivity contribution in [2.75, 3.05) is 5.73 Å². The van der Waals surface area contributed by atoms with Crippen molar-refractivity contribution in [3.63, 3.8) is 0 Å². The normalized spacial score (nSPS) is 11.2. The molecule has 0 atom stereocenters. The summed E-state index contributed by atoms with van der Waals surface area (Å²) in [6, 6.07) is 1.92. The van der Waals surface area contributed by atoms with Gasteiger partial charge in [-0.1, -0.05) is 11.8 Å². The zero-order valence-corrected chi connectivity index (χ0v) is 11.1. The SMILES string of the molecule is Cc1nnc(SCc2nc(N)c3ccsc3n2)o1. The Labute approximate surface area is 111 Å². The highest BCUT2D eigenvalue weighted by Gasteiger charge is 2.09. The molecule has 0 spiro atoms. The lowest BCUT2D eigenvalue weighted by molar-refractivity contribution is 0.429. The first-order valence-corrected chi connectivity index (χ1v) is 7.01. The van der Waals surface area contributed by atoms with Crippen molar-refractivity contribution in [1.29, 1.82) is 0 Å². The largest absolute Gasteiger partial charge is 0.416 e. The topological polar surface area (TPSA) is 90.7 Å². The number of hydrogen-bond acceptors (Lipinski definition) is 8. The van der Waals surface area contributed by atoms with Gasteiger partial charge in [0.15, 0.2) is 0 Å². The molecule has 0 aliphatic carbocycles. The highest BCUT2D eigenvalue weighted by molar-refractivity contribution is 7.98. The number of aromatic nitrogens is 4. The van der Waals surface area contributed by atoms with Crippen LogP contribution in [0, 0.1) is 6.92 Å². The molecule has 0 saturated carbocycles. The summed E-state index contributed by atoms with van der Waals surface area (Å²) in [7, 11) is 0. The van der Waals surface area contributed by atoms with E-state index in [0.717, 1.165) is 10.2 Å². The number of aryl methyl sites for hydroxylation is 1. The number of anilines is 1. The van der Waals surface area contributed by atoms with Crippen LogP contribution in [0.5, 0.6) is 0 Å². The maximum atomic E-state index is 5.87. The van der Waals surface area contributed by atoms with Crippen LogP contribution < -0.4 is 5.73 Å². The first-order chi connectivity index (χ1) is 8.72. The Hall–Kier alpha value is -1.67. The second kappa shape index (κ2) is 4.54. The zero-order valence-electron chi connectivity index (χ0n) is 9.45. The first kappa shape index (κ1) is 11.4. The fourth-order valence-electron chi connectivity index (χ4n) is 1.45. The molecule has 92 valence electrons. The Morgan fingerprint density at radius 2 is 2.28 bits per heavy atom. The van der Waals surface area contributed by atoms with Crippen LogP contribution in [-0.4, -0.2) is 20.2 Å². The zero-order chi connectivity index (χ0) is 12.5. The van der Waals surface area contributed by atoms with Gasteiger partial charge in [0.1, 0.15) is 16.5 Å². The molecular weight excluding hydrogens is 270 g/mol. The number of rotatable bonds is 3. The summed E-state index contributed by atoms with van der Waals surface area (Å²) >= 11 is 2.95. The Bertz CT molecular complexity index is 692. The molecule has 0 aromatic carbocycles. The molecule has 3 heterocycles. The first-order valence-electron chi connectivity index (χ1n) is 5.15. The number of hydrogen-bond donors (Lipinski definition) is 1. The van der Waals surface area contributed by atoms with Crippen molar-refractivity contribution in [3.8, 4) is 0 Å². The predicted octanol–water partition coefficient (Wildman–Crippen LogP) is 2.26. The number of nitrogen functional groups attached to an aromatic ring is 1. The molecule has 0 saturated heterocycles. The van der Waals surface area contributed by atoms with E-state index in [1.165, 1.54) is 11.8 Å². The molecule has 0 amide bonds. The van der Waals surface area contributed by atoms with Crippen LogP contribution >= 0.6 is 23.1 Å². The van der Waals surface area contributed by atoms with Gasteiger partial charge in [0.05, 0.1) is 11.1 Å². The lowest BCUT2D eigenvalue weighted by Gasteiger charge is -2.00. The second-order valence-corrected chi connectivity index (χ2v) is 5.36. The van der Waals surface area contributed by atoms with E-state index in [1.54, 1.807) is 18.3 Å². The summed E-state index contributed by atoms with van der Waals surface area (Å²) in [5.41, 5.74) is 5.87. The Morgan fingerprint density at radius 1 is 1.39 bits per heavy atom. The molecule has 3 rings (SSSR count). The third-order valence-electron chi connectivity index (χ3n) is 2.23. The summed E-state index contributed by atoms with van der Waals surface area (Å²) in [5.74, 6) is 2.29. The third-order valence-corrected chi connectivity index (χ3v) is 3.85. The molecule has 2 N–H and O–H groups in total. The molecule has 0 unspecified atom stereocenters. The minimum atomic E-state index is 0.513. The standard InChI is InChI=1S/C10H9N5OS2/c1-5-14-15-10(16-5)18-4-7-12-8(11)6-2-3-17-9(6)13-7/h2-3H,4H2,1H3,(H2,11,12,13). The monoisotopic (exact) mass is 279 g/mol. The van der Waals surface area contributed by atoms with Crippen molar-refractivity contribution in [2.24, 2.45) is 0 Å². The van der Waals surface area contributed by atoms with Crippen LogP contribution in [0.1, 0.15) is 11.7 Å². The van der Waals surface area contributed by atoms with E-state index in [1.807, 2.05) is 11.4 Å². The van der Waals surface area contributed by atoms with Gasteiger partial charge in [0.25, 0.3) is 5.22 Å². The van der Waals surface area contributed by atoms with Crippen LogP contribution in [0.4, 0.5) is 5.82 Å².